The van der Waals surface area contributed by atoms with E-state index in [0.29, 0.717) is 0 Å². The summed E-state index contributed by atoms with van der Waals surface area (Å²) >= 11 is 5.87. The topological polar surface area (TPSA) is 38.9 Å². The van der Waals surface area contributed by atoms with Crippen molar-refractivity contribution in [1.29, 1.82) is 0 Å². The molecule has 0 aliphatic heterocycles. The van der Waals surface area contributed by atoms with Crippen LogP contribution in [0, 0.1) is 0 Å². The van der Waals surface area contributed by atoms with Gasteiger partial charge in [-0.1, -0.05) is 32.3 Å². The summed E-state index contributed by atoms with van der Waals surface area (Å²) in [6.07, 6.45) is 0. The number of pyridine rings is 1. The summed E-state index contributed by atoms with van der Waals surface area (Å²) in [4.78, 5) is 4.20. The fourth-order valence-electron chi connectivity index (χ4n) is 1.45. The maximum absolute atomic E-state index is 8.13. The van der Waals surface area contributed by atoms with Crippen molar-refractivity contribution in [3.8, 4) is 0 Å². The van der Waals surface area contributed by atoms with Gasteiger partial charge in [0, 0.05) is 19.9 Å². The molecule has 2 aromatic rings. The molecule has 84 valence electrons. The van der Waals surface area contributed by atoms with Crippen molar-refractivity contribution < 1.29 is 8.22 Å². The number of nitrogen functional groups attached to an aromatic ring is 1. The normalized spacial score (nSPS) is 18.2. The first-order chi connectivity index (χ1) is 9.89. The summed E-state index contributed by atoms with van der Waals surface area (Å²) in [5.41, 5.74) is 4.56. The number of aromatic nitrogens is 1. The minimum Gasteiger partial charge on any atom is -0.397 e. The van der Waals surface area contributed by atoms with Gasteiger partial charge in [0.05, 0.1) is 21.0 Å². The van der Waals surface area contributed by atoms with Crippen molar-refractivity contribution in [2.75, 3.05) is 5.73 Å². The summed E-state index contributed by atoms with van der Waals surface area (Å²) in [7, 11) is 0. The second-order valence-corrected chi connectivity index (χ2v) is 4.54. The highest BCUT2D eigenvalue weighted by atomic mass is 35.5. The number of hydrogen-bond acceptors (Lipinski definition) is 2. The first-order valence-corrected chi connectivity index (χ1v) is 5.13. The third kappa shape index (κ3) is 1.98. The number of benzene rings is 1. The van der Waals surface area contributed by atoms with Crippen molar-refractivity contribution in [3.63, 3.8) is 0 Å². The van der Waals surface area contributed by atoms with Crippen LogP contribution >= 0.6 is 11.6 Å². The van der Waals surface area contributed by atoms with Gasteiger partial charge in [0.15, 0.2) is 0 Å². The number of rotatable bonds is 0. The van der Waals surface area contributed by atoms with Crippen LogP contribution < -0.4 is 5.73 Å². The number of anilines is 1. The first kappa shape index (κ1) is 5.87. The zero-order valence-corrected chi connectivity index (χ0v) is 9.74. The second kappa shape index (κ2) is 3.63. The molecule has 3 heteroatoms. The molecule has 0 spiro atoms. The van der Waals surface area contributed by atoms with E-state index >= 15 is 0 Å². The smallest absolute Gasteiger partial charge is 0.0708 e. The Bertz CT molecular complexity index is 770. The van der Waals surface area contributed by atoms with Crippen LogP contribution in [0.15, 0.2) is 24.2 Å². The van der Waals surface area contributed by atoms with Crippen molar-refractivity contribution in [2.45, 2.75) is 26.1 Å². The van der Waals surface area contributed by atoms with E-state index in [1.54, 1.807) is 0 Å². The molecule has 0 unspecified atom stereocenters. The van der Waals surface area contributed by atoms with Gasteiger partial charge in [-0.15, -0.1) is 0 Å². The Morgan fingerprint density at radius 1 is 1.50 bits per heavy atom. The fraction of sp³-hybridized carbons (Fsp3) is 0.308. The van der Waals surface area contributed by atoms with Crippen LogP contribution in [-0.4, -0.2) is 4.98 Å². The van der Waals surface area contributed by atoms with Crippen LogP contribution in [0.5, 0.6) is 0 Å². The highest BCUT2D eigenvalue weighted by Gasteiger charge is 2.19. The van der Waals surface area contributed by atoms with Gasteiger partial charge in [0.2, 0.25) is 0 Å². The Morgan fingerprint density at radius 2 is 2.25 bits per heavy atom. The van der Waals surface area contributed by atoms with Crippen molar-refractivity contribution >= 4 is 28.2 Å². The fourth-order valence-corrected chi connectivity index (χ4v) is 1.61. The van der Waals surface area contributed by atoms with E-state index in [9.17, 15) is 0 Å². The Morgan fingerprint density at radius 3 is 2.94 bits per heavy atom. The third-order valence-electron chi connectivity index (χ3n) is 2.17. The molecule has 0 atom stereocenters. The molecule has 16 heavy (non-hydrogen) atoms. The van der Waals surface area contributed by atoms with Crippen LogP contribution in [0.1, 0.15) is 34.6 Å². The predicted octanol–water partition coefficient (Wildman–Crippen LogP) is 3.77. The summed E-state index contributed by atoms with van der Waals surface area (Å²) in [5.74, 6) is 0. The Labute approximate surface area is 109 Å². The van der Waals surface area contributed by atoms with E-state index in [1.807, 2.05) is 0 Å². The predicted molar refractivity (Wildman–Crippen MR) is 69.9 cm³/mol. The Balaban J connectivity index is 2.94. The monoisotopic (exact) mass is 240 g/mol. The van der Waals surface area contributed by atoms with Crippen LogP contribution in [0.2, 0.25) is 5.02 Å². The minimum atomic E-state index is -2.38. The summed E-state index contributed by atoms with van der Waals surface area (Å²) in [6.45, 7) is 0.545. The van der Waals surface area contributed by atoms with E-state index in [0.717, 1.165) is 0 Å². The quantitative estimate of drug-likeness (QED) is 0.762. The molecule has 2 N–H and O–H groups in total. The largest absolute Gasteiger partial charge is 0.397 e. The van der Waals surface area contributed by atoms with Crippen LogP contribution in [0.3, 0.4) is 0 Å². The van der Waals surface area contributed by atoms with Crippen molar-refractivity contribution in [3.05, 3.63) is 34.9 Å². The average Bonchev–Trinajstić information content (AvgIpc) is 2.39. The van der Waals surface area contributed by atoms with Gasteiger partial charge in [0.1, 0.15) is 0 Å². The zero-order valence-electron chi connectivity index (χ0n) is 15.0. The highest BCUT2D eigenvalue weighted by Crippen LogP contribution is 2.29. The van der Waals surface area contributed by atoms with Crippen molar-refractivity contribution in [1.82, 2.24) is 4.98 Å². The number of fused-ring (bicyclic) bond motifs is 1. The molecule has 1 aromatic heterocycles. The van der Waals surface area contributed by atoms with Crippen molar-refractivity contribution in [2.24, 2.45) is 0 Å². The van der Waals surface area contributed by atoms with E-state index in [4.69, 9.17) is 25.6 Å². The molecule has 0 saturated carbocycles. The molecule has 1 heterocycles. The molecule has 0 fully saturated rings. The lowest BCUT2D eigenvalue weighted by atomic mass is 9.90. The summed E-state index contributed by atoms with van der Waals surface area (Å²) in [6, 6.07) is 0.754. The molecule has 1 aromatic carbocycles. The highest BCUT2D eigenvalue weighted by molar-refractivity contribution is 6.31. The molecule has 0 aliphatic rings. The minimum absolute atomic E-state index is 0.0232. The molecule has 2 rings (SSSR count). The lowest BCUT2D eigenvalue weighted by Gasteiger charge is -2.20. The standard InChI is InChI=1S/C13H15ClN2/c1-13(2,3)12-10(15)7-8-6-9(14)4-5-11(8)16-12/h4-7H,15H2,1-3H3/i1D3,4D,5D,7D. The van der Waals surface area contributed by atoms with E-state index in [2.05, 4.69) is 4.98 Å². The summed E-state index contributed by atoms with van der Waals surface area (Å²) < 4.78 is 46.8. The summed E-state index contributed by atoms with van der Waals surface area (Å²) in [5, 5.41) is 0.253. The number of hydrogen-bond donors (Lipinski definition) is 1. The molecule has 0 radical (unpaired) electrons. The molecule has 0 bridgehead atoms. The van der Waals surface area contributed by atoms with Gasteiger partial charge in [-0.2, -0.15) is 0 Å². The SMILES string of the molecule is [2H]c1c(Cl)cc2c([2H])c(N)c(C(C)(C)C([2H])([2H])[2H])nc2c1[2H]. The zero-order chi connectivity index (χ0) is 17.0. The van der Waals surface area contributed by atoms with Gasteiger partial charge in [-0.3, -0.25) is 4.98 Å². The molecule has 0 amide bonds. The molecule has 2 nitrogen and oxygen atoms in total. The maximum Gasteiger partial charge on any atom is 0.0708 e. The first-order valence-electron chi connectivity index (χ1n) is 7.75. The maximum atomic E-state index is 8.13. The lowest BCUT2D eigenvalue weighted by Crippen LogP contribution is -2.16. The number of halogens is 1. The molecule has 0 aliphatic carbocycles. The van der Waals surface area contributed by atoms with E-state index in [-0.39, 0.29) is 45.4 Å². The third-order valence-corrected chi connectivity index (χ3v) is 2.37. The van der Waals surface area contributed by atoms with Gasteiger partial charge in [-0.25, -0.2) is 0 Å². The van der Waals surface area contributed by atoms with E-state index in [1.165, 1.54) is 19.9 Å². The lowest BCUT2D eigenvalue weighted by molar-refractivity contribution is 0.574. The Kier molecular flexibility index (Phi) is 1.33. The van der Waals surface area contributed by atoms with Crippen LogP contribution in [0.4, 0.5) is 5.69 Å². The van der Waals surface area contributed by atoms with Gasteiger partial charge in [-0.05, 0) is 24.2 Å². The molecular formula is C13H15ClN2. The number of nitrogens with two attached hydrogens (primary N) is 1. The van der Waals surface area contributed by atoms with E-state index < -0.39 is 12.3 Å². The van der Waals surface area contributed by atoms with Gasteiger partial charge in [0.25, 0.3) is 0 Å². The van der Waals surface area contributed by atoms with Gasteiger partial charge >= 0.3 is 0 Å². The molecular weight excluding hydrogens is 220 g/mol. The molecule has 0 saturated heterocycles. The average molecular weight is 241 g/mol. The van der Waals surface area contributed by atoms with Crippen LogP contribution in [0.25, 0.3) is 10.9 Å². The van der Waals surface area contributed by atoms with Crippen LogP contribution in [-0.2, 0) is 5.41 Å². The second-order valence-electron chi connectivity index (χ2n) is 4.13. The van der Waals surface area contributed by atoms with Gasteiger partial charge < -0.3 is 5.73 Å². The number of nitrogens with zero attached hydrogens (tertiary/aromatic N) is 1. The Hall–Kier alpha value is -1.28.